The summed E-state index contributed by atoms with van der Waals surface area (Å²) in [5.41, 5.74) is 2.48. The molecule has 9 heteroatoms. The van der Waals surface area contributed by atoms with E-state index in [0.717, 1.165) is 20.7 Å². The van der Waals surface area contributed by atoms with Crippen molar-refractivity contribution in [2.75, 3.05) is 16.9 Å². The van der Waals surface area contributed by atoms with Crippen LogP contribution in [-0.2, 0) is 6.42 Å². The summed E-state index contributed by atoms with van der Waals surface area (Å²) in [4.78, 5) is 13.7. The number of alkyl halides is 3. The summed E-state index contributed by atoms with van der Waals surface area (Å²) < 4.78 is 43.6. The summed E-state index contributed by atoms with van der Waals surface area (Å²) in [6.45, 7) is 0. The number of carbonyl (C=O) groups excluding carboxylic acids is 1. The number of anilines is 2. The van der Waals surface area contributed by atoms with Crippen LogP contribution in [0.3, 0.4) is 0 Å². The van der Waals surface area contributed by atoms with Crippen molar-refractivity contribution in [3.8, 4) is 0 Å². The number of carbonyl (C=O) groups is 1. The van der Waals surface area contributed by atoms with E-state index in [-0.39, 0.29) is 11.5 Å². The number of nitrogens with one attached hydrogen (secondary N) is 2. The van der Waals surface area contributed by atoms with Gasteiger partial charge >= 0.3 is 6.18 Å². The highest BCUT2D eigenvalue weighted by Crippen LogP contribution is 2.51. The molecular weight excluding hydrogens is 437 g/mol. The Labute approximate surface area is 187 Å². The zero-order chi connectivity index (χ0) is 22.5. The largest absolute Gasteiger partial charge is 0.411 e. The van der Waals surface area contributed by atoms with Gasteiger partial charge < -0.3 is 10.6 Å². The third-order valence-electron chi connectivity index (χ3n) is 6.20. The van der Waals surface area contributed by atoms with Crippen LogP contribution in [0.25, 0.3) is 0 Å². The normalized spacial score (nSPS) is 21.7. The van der Waals surface area contributed by atoms with Crippen molar-refractivity contribution in [2.45, 2.75) is 36.0 Å². The molecule has 1 amide bonds. The van der Waals surface area contributed by atoms with E-state index in [1.54, 1.807) is 12.1 Å². The lowest BCUT2D eigenvalue weighted by Crippen LogP contribution is -2.45. The van der Waals surface area contributed by atoms with Gasteiger partial charge in [-0.2, -0.15) is 18.3 Å². The van der Waals surface area contributed by atoms with Gasteiger partial charge in [0.25, 0.3) is 5.91 Å². The molecule has 32 heavy (non-hydrogen) atoms. The van der Waals surface area contributed by atoms with Crippen molar-refractivity contribution in [3.05, 3.63) is 71.4 Å². The van der Waals surface area contributed by atoms with Crippen molar-refractivity contribution in [1.82, 2.24) is 9.78 Å². The molecule has 0 radical (unpaired) electrons. The zero-order valence-corrected chi connectivity index (χ0v) is 18.0. The number of hydrogen-bond donors (Lipinski definition) is 2. The van der Waals surface area contributed by atoms with Crippen LogP contribution in [0.4, 0.5) is 24.7 Å². The van der Waals surface area contributed by atoms with E-state index < -0.39 is 30.1 Å². The minimum atomic E-state index is -4.49. The predicted octanol–water partition coefficient (Wildman–Crippen LogP) is 5.69. The molecule has 2 N–H and O–H groups in total. The molecule has 0 fully saturated rings. The monoisotopic (exact) mass is 458 g/mol. The van der Waals surface area contributed by atoms with Crippen LogP contribution < -0.4 is 10.6 Å². The van der Waals surface area contributed by atoms with Gasteiger partial charge in [0.05, 0.1) is 11.7 Å². The van der Waals surface area contributed by atoms with Crippen molar-refractivity contribution < 1.29 is 18.0 Å². The van der Waals surface area contributed by atoms with Gasteiger partial charge in [0, 0.05) is 16.9 Å². The topological polar surface area (TPSA) is 59.0 Å². The molecule has 1 aliphatic heterocycles. The second-order valence-electron chi connectivity index (χ2n) is 8.02. The number of amides is 1. The third-order valence-corrected chi connectivity index (χ3v) is 6.99. The fraction of sp³-hybridized carbons (Fsp3) is 0.304. The van der Waals surface area contributed by atoms with Gasteiger partial charge in [0.2, 0.25) is 0 Å². The SMILES string of the molecule is CSc1ccccc1NC(=O)c1cc2n(n1)[C@@H](C(F)(F)F)[C@H]1CCc3ccccc3[C@@H]1N2. The zero-order valence-electron chi connectivity index (χ0n) is 17.2. The molecule has 5 nitrogen and oxygen atoms in total. The van der Waals surface area contributed by atoms with Crippen LogP contribution in [0, 0.1) is 5.92 Å². The molecule has 3 aromatic rings. The summed E-state index contributed by atoms with van der Waals surface area (Å²) in [5, 5.41) is 10.1. The molecule has 0 saturated heterocycles. The number of aromatic nitrogens is 2. The van der Waals surface area contributed by atoms with Crippen LogP contribution in [0.15, 0.2) is 59.5 Å². The summed E-state index contributed by atoms with van der Waals surface area (Å²) in [6, 6.07) is 14.0. The van der Waals surface area contributed by atoms with E-state index >= 15 is 0 Å². The van der Waals surface area contributed by atoms with Crippen LogP contribution in [0.1, 0.15) is 40.1 Å². The summed E-state index contributed by atoms with van der Waals surface area (Å²) in [6.07, 6.45) is -1.63. The van der Waals surface area contributed by atoms with E-state index in [1.165, 1.54) is 17.8 Å². The van der Waals surface area contributed by atoms with E-state index in [9.17, 15) is 18.0 Å². The van der Waals surface area contributed by atoms with Crippen molar-refractivity contribution in [1.29, 1.82) is 0 Å². The Hall–Kier alpha value is -2.94. The van der Waals surface area contributed by atoms with Gasteiger partial charge in [-0.05, 0) is 42.4 Å². The lowest BCUT2D eigenvalue weighted by atomic mass is 9.75. The Morgan fingerprint density at radius 1 is 1.19 bits per heavy atom. The van der Waals surface area contributed by atoms with Crippen LogP contribution in [0.2, 0.25) is 0 Å². The lowest BCUT2D eigenvalue weighted by Gasteiger charge is -2.43. The molecular formula is C23H21F3N4OS. The highest BCUT2D eigenvalue weighted by molar-refractivity contribution is 7.98. The Balaban J connectivity index is 1.52. The Bertz CT molecular complexity index is 1180. The number of thioether (sulfide) groups is 1. The van der Waals surface area contributed by atoms with Gasteiger partial charge in [-0.1, -0.05) is 36.4 Å². The number of fused-ring (bicyclic) bond motifs is 4. The number of nitrogens with zero attached hydrogens (tertiary/aromatic N) is 2. The van der Waals surface area contributed by atoms with Gasteiger partial charge in [-0.25, -0.2) is 4.68 Å². The van der Waals surface area contributed by atoms with Gasteiger partial charge in [-0.3, -0.25) is 4.79 Å². The van der Waals surface area contributed by atoms with Crippen molar-refractivity contribution >= 4 is 29.2 Å². The molecule has 2 aromatic carbocycles. The number of benzene rings is 2. The highest BCUT2D eigenvalue weighted by atomic mass is 32.2. The molecule has 0 bridgehead atoms. The molecule has 1 aliphatic carbocycles. The average molecular weight is 459 g/mol. The van der Waals surface area contributed by atoms with E-state index in [2.05, 4.69) is 15.7 Å². The quantitative estimate of drug-likeness (QED) is 0.495. The number of para-hydroxylation sites is 1. The first-order valence-corrected chi connectivity index (χ1v) is 11.5. The van der Waals surface area contributed by atoms with E-state index in [4.69, 9.17) is 0 Å². The summed E-state index contributed by atoms with van der Waals surface area (Å²) in [7, 11) is 0. The Morgan fingerprint density at radius 2 is 1.94 bits per heavy atom. The fourth-order valence-electron chi connectivity index (χ4n) is 4.79. The standard InChI is InChI=1S/C23H21F3N4OS/c1-32-18-9-5-4-8-16(18)27-22(31)17-12-19-28-20-14-7-3-2-6-13(14)10-11-15(20)21(23(24,25)26)30(19)29-17/h2-9,12,15,20-21,28H,10-11H2,1H3,(H,27,31)/t15-,20-,21+/m0/s1. The van der Waals surface area contributed by atoms with Crippen molar-refractivity contribution in [2.24, 2.45) is 5.92 Å². The van der Waals surface area contributed by atoms with Gasteiger partial charge in [-0.15, -0.1) is 11.8 Å². The van der Waals surface area contributed by atoms with E-state index in [1.807, 2.05) is 42.7 Å². The maximum atomic E-state index is 14.2. The lowest BCUT2D eigenvalue weighted by molar-refractivity contribution is -0.188. The van der Waals surface area contributed by atoms with Gasteiger partial charge in [0.1, 0.15) is 5.82 Å². The van der Waals surface area contributed by atoms with Gasteiger partial charge in [0.15, 0.2) is 11.7 Å². The molecule has 0 spiro atoms. The van der Waals surface area contributed by atoms with E-state index in [0.29, 0.717) is 18.5 Å². The smallest absolute Gasteiger partial charge is 0.363 e. The molecule has 0 saturated carbocycles. The minimum absolute atomic E-state index is 0.0513. The minimum Gasteiger partial charge on any atom is -0.363 e. The Morgan fingerprint density at radius 3 is 2.72 bits per heavy atom. The third kappa shape index (κ3) is 3.54. The summed E-state index contributed by atoms with van der Waals surface area (Å²) >= 11 is 1.47. The molecule has 0 unspecified atom stereocenters. The number of hydrogen-bond acceptors (Lipinski definition) is 4. The summed E-state index contributed by atoms with van der Waals surface area (Å²) in [5.74, 6) is -1.04. The maximum Gasteiger partial charge on any atom is 0.411 e. The van der Waals surface area contributed by atoms with Crippen LogP contribution in [-0.4, -0.2) is 28.1 Å². The predicted molar refractivity (Wildman–Crippen MR) is 118 cm³/mol. The average Bonchev–Trinajstić information content (AvgIpc) is 3.20. The Kier molecular flexibility index (Phi) is 5.16. The van der Waals surface area contributed by atoms with Crippen molar-refractivity contribution in [3.63, 3.8) is 0 Å². The number of rotatable bonds is 3. The molecule has 2 heterocycles. The number of halogens is 3. The van der Waals surface area contributed by atoms with Crippen LogP contribution in [0.5, 0.6) is 0 Å². The first kappa shape index (κ1) is 20.9. The maximum absolute atomic E-state index is 14.2. The number of aryl methyl sites for hydroxylation is 1. The fourth-order valence-corrected chi connectivity index (χ4v) is 5.34. The second-order valence-corrected chi connectivity index (χ2v) is 8.87. The molecule has 166 valence electrons. The highest BCUT2D eigenvalue weighted by Gasteiger charge is 2.53. The van der Waals surface area contributed by atoms with Crippen LogP contribution >= 0.6 is 11.8 Å². The first-order chi connectivity index (χ1) is 15.4. The molecule has 1 aromatic heterocycles. The molecule has 5 rings (SSSR count). The molecule has 2 aliphatic rings. The second kappa shape index (κ2) is 7.88. The first-order valence-electron chi connectivity index (χ1n) is 10.3. The molecule has 3 atom stereocenters.